The zero-order valence-electron chi connectivity index (χ0n) is 18.9. The Labute approximate surface area is 197 Å². The minimum Gasteiger partial charge on any atom is -0.454 e. The van der Waals surface area contributed by atoms with Gasteiger partial charge in [-0.25, -0.2) is 13.2 Å². The number of benzene rings is 2. The van der Waals surface area contributed by atoms with Gasteiger partial charge < -0.3 is 14.6 Å². The molecular weight excluding hydrogens is 458 g/mol. The molecular formula is C24H25N3O6S. The van der Waals surface area contributed by atoms with Gasteiger partial charge in [-0.1, -0.05) is 24.3 Å². The second kappa shape index (κ2) is 9.40. The average molecular weight is 484 g/mol. The number of aromatic nitrogens is 1. The van der Waals surface area contributed by atoms with Crippen molar-refractivity contribution in [3.05, 3.63) is 65.4 Å². The zero-order valence-corrected chi connectivity index (χ0v) is 19.7. The number of nitrogens with one attached hydrogen (secondary N) is 1. The van der Waals surface area contributed by atoms with E-state index in [4.69, 9.17) is 4.74 Å². The van der Waals surface area contributed by atoms with Crippen molar-refractivity contribution in [2.45, 2.75) is 18.7 Å². The summed E-state index contributed by atoms with van der Waals surface area (Å²) in [4.78, 5) is 41.5. The van der Waals surface area contributed by atoms with Crippen LogP contribution in [-0.4, -0.2) is 73.1 Å². The standard InChI is InChI=1S/C24H25N3O6S/c1-16-23(20-8-3-4-9-21(20)25-16)22(29)15-33-24(30)18-6-5-7-19(14-18)34(31,32)27-12-10-26(11-13-27)17(2)28/h3-9,14,25H,10-13,15H2,1-2H3. The Morgan fingerprint density at radius 3 is 2.41 bits per heavy atom. The van der Waals surface area contributed by atoms with Crippen LogP contribution in [0.4, 0.5) is 0 Å². The summed E-state index contributed by atoms with van der Waals surface area (Å²) in [6.45, 7) is 3.73. The number of hydrogen-bond acceptors (Lipinski definition) is 6. The Morgan fingerprint density at radius 1 is 1.00 bits per heavy atom. The lowest BCUT2D eigenvalue weighted by Gasteiger charge is -2.33. The molecule has 1 aromatic heterocycles. The van der Waals surface area contributed by atoms with E-state index >= 15 is 0 Å². The van der Waals surface area contributed by atoms with Gasteiger partial charge in [0.1, 0.15) is 0 Å². The maximum Gasteiger partial charge on any atom is 0.338 e. The van der Waals surface area contributed by atoms with Crippen LogP contribution < -0.4 is 0 Å². The van der Waals surface area contributed by atoms with Gasteiger partial charge in [0.25, 0.3) is 0 Å². The molecule has 4 rings (SSSR count). The molecule has 2 aromatic carbocycles. The first-order chi connectivity index (χ1) is 16.2. The second-order valence-electron chi connectivity index (χ2n) is 8.11. The number of nitrogens with zero attached hydrogens (tertiary/aromatic N) is 2. The van der Waals surface area contributed by atoms with Crippen LogP contribution in [-0.2, 0) is 19.6 Å². The summed E-state index contributed by atoms with van der Waals surface area (Å²) < 4.78 is 32.6. The van der Waals surface area contributed by atoms with Gasteiger partial charge in [0, 0.05) is 55.3 Å². The molecule has 3 aromatic rings. The predicted octanol–water partition coefficient (Wildman–Crippen LogP) is 2.37. The number of ether oxygens (including phenoxy) is 1. The van der Waals surface area contributed by atoms with E-state index in [2.05, 4.69) is 4.98 Å². The zero-order chi connectivity index (χ0) is 24.5. The first kappa shape index (κ1) is 23.7. The number of para-hydroxylation sites is 1. The summed E-state index contributed by atoms with van der Waals surface area (Å²) in [6.07, 6.45) is 0. The fourth-order valence-electron chi connectivity index (χ4n) is 4.10. The van der Waals surface area contributed by atoms with Gasteiger partial charge in [0.15, 0.2) is 6.61 Å². The fraction of sp³-hybridized carbons (Fsp3) is 0.292. The Kier molecular flexibility index (Phi) is 6.54. The molecule has 1 saturated heterocycles. The van der Waals surface area contributed by atoms with Crippen molar-refractivity contribution in [3.8, 4) is 0 Å². The van der Waals surface area contributed by atoms with E-state index in [1.807, 2.05) is 24.3 Å². The highest BCUT2D eigenvalue weighted by Gasteiger charge is 2.30. The fourth-order valence-corrected chi connectivity index (χ4v) is 5.57. The van der Waals surface area contributed by atoms with E-state index in [1.54, 1.807) is 11.8 Å². The predicted molar refractivity (Wildman–Crippen MR) is 125 cm³/mol. The molecule has 9 nitrogen and oxygen atoms in total. The van der Waals surface area contributed by atoms with Crippen molar-refractivity contribution in [1.29, 1.82) is 0 Å². The van der Waals surface area contributed by atoms with Crippen LogP contribution in [0, 0.1) is 6.92 Å². The molecule has 1 fully saturated rings. The maximum atomic E-state index is 13.0. The Morgan fingerprint density at radius 2 is 1.71 bits per heavy atom. The molecule has 0 aliphatic carbocycles. The van der Waals surface area contributed by atoms with Crippen molar-refractivity contribution in [2.75, 3.05) is 32.8 Å². The molecule has 0 bridgehead atoms. The van der Waals surface area contributed by atoms with Crippen LogP contribution in [0.5, 0.6) is 0 Å². The third-order valence-electron chi connectivity index (χ3n) is 5.90. The average Bonchev–Trinajstić information content (AvgIpc) is 3.18. The number of hydrogen-bond donors (Lipinski definition) is 1. The topological polar surface area (TPSA) is 117 Å². The third kappa shape index (κ3) is 4.59. The molecule has 178 valence electrons. The lowest BCUT2D eigenvalue weighted by molar-refractivity contribution is -0.129. The SMILES string of the molecule is CC(=O)N1CCN(S(=O)(=O)c2cccc(C(=O)OCC(=O)c3c(C)[nH]c4ccccc34)c2)CC1. The number of ketones is 1. The lowest BCUT2D eigenvalue weighted by Crippen LogP contribution is -2.49. The Balaban J connectivity index is 1.45. The highest BCUT2D eigenvalue weighted by atomic mass is 32.2. The van der Waals surface area contributed by atoms with Gasteiger partial charge in [-0.2, -0.15) is 4.31 Å². The summed E-state index contributed by atoms with van der Waals surface area (Å²) in [5.74, 6) is -1.24. The van der Waals surface area contributed by atoms with Gasteiger partial charge in [-0.15, -0.1) is 0 Å². The summed E-state index contributed by atoms with van der Waals surface area (Å²) in [5, 5.41) is 0.749. The largest absolute Gasteiger partial charge is 0.454 e. The number of esters is 1. The van der Waals surface area contributed by atoms with E-state index in [9.17, 15) is 22.8 Å². The van der Waals surface area contributed by atoms with Crippen molar-refractivity contribution in [2.24, 2.45) is 0 Å². The van der Waals surface area contributed by atoms with E-state index in [-0.39, 0.29) is 35.2 Å². The molecule has 10 heteroatoms. The van der Waals surface area contributed by atoms with Crippen LogP contribution in [0.25, 0.3) is 10.9 Å². The van der Waals surface area contributed by atoms with E-state index in [0.29, 0.717) is 24.3 Å². The highest BCUT2D eigenvalue weighted by Crippen LogP contribution is 2.23. The van der Waals surface area contributed by atoms with Crippen LogP contribution >= 0.6 is 0 Å². The van der Waals surface area contributed by atoms with Crippen molar-refractivity contribution < 1.29 is 27.5 Å². The number of rotatable bonds is 6. The summed E-state index contributed by atoms with van der Waals surface area (Å²) in [6, 6.07) is 12.9. The van der Waals surface area contributed by atoms with Gasteiger partial charge >= 0.3 is 5.97 Å². The van der Waals surface area contributed by atoms with E-state index in [1.165, 1.54) is 35.5 Å². The summed E-state index contributed by atoms with van der Waals surface area (Å²) >= 11 is 0. The second-order valence-corrected chi connectivity index (χ2v) is 10.0. The number of carbonyl (C=O) groups is 3. The molecule has 0 atom stereocenters. The number of Topliss-reactive ketones (excluding diaryl/α,β-unsaturated/α-hetero) is 1. The molecule has 0 unspecified atom stereocenters. The first-order valence-electron chi connectivity index (χ1n) is 10.8. The maximum absolute atomic E-state index is 13.0. The molecule has 0 saturated carbocycles. The minimum absolute atomic E-state index is 0.0342. The number of aromatic amines is 1. The van der Waals surface area contributed by atoms with Gasteiger partial charge in [0.2, 0.25) is 21.7 Å². The molecule has 1 N–H and O–H groups in total. The third-order valence-corrected chi connectivity index (χ3v) is 7.79. The van der Waals surface area contributed by atoms with Crippen LogP contribution in [0.1, 0.15) is 33.3 Å². The number of sulfonamides is 1. The number of piperazine rings is 1. The van der Waals surface area contributed by atoms with Crippen molar-refractivity contribution in [1.82, 2.24) is 14.2 Å². The van der Waals surface area contributed by atoms with Gasteiger partial charge in [-0.05, 0) is 31.2 Å². The Bertz CT molecular complexity index is 1370. The molecule has 0 spiro atoms. The van der Waals surface area contributed by atoms with E-state index < -0.39 is 22.6 Å². The molecule has 1 amide bonds. The lowest BCUT2D eigenvalue weighted by atomic mass is 10.1. The number of amides is 1. The molecule has 2 heterocycles. The van der Waals surface area contributed by atoms with Gasteiger partial charge in [-0.3, -0.25) is 9.59 Å². The van der Waals surface area contributed by atoms with Crippen molar-refractivity contribution in [3.63, 3.8) is 0 Å². The molecule has 34 heavy (non-hydrogen) atoms. The van der Waals surface area contributed by atoms with Gasteiger partial charge in [0.05, 0.1) is 10.5 Å². The number of H-pyrrole nitrogens is 1. The highest BCUT2D eigenvalue weighted by molar-refractivity contribution is 7.89. The smallest absolute Gasteiger partial charge is 0.338 e. The Hall–Kier alpha value is -3.50. The normalized spacial score (nSPS) is 14.8. The minimum atomic E-state index is -3.85. The van der Waals surface area contributed by atoms with Crippen LogP contribution in [0.15, 0.2) is 53.4 Å². The number of carbonyl (C=O) groups excluding carboxylic acids is 3. The van der Waals surface area contributed by atoms with E-state index in [0.717, 1.165) is 10.9 Å². The van der Waals surface area contributed by atoms with Crippen molar-refractivity contribution >= 4 is 38.6 Å². The number of fused-ring (bicyclic) bond motifs is 1. The molecule has 1 aliphatic heterocycles. The monoisotopic (exact) mass is 483 g/mol. The summed E-state index contributed by atoms with van der Waals surface area (Å²) in [7, 11) is -3.85. The summed E-state index contributed by atoms with van der Waals surface area (Å²) in [5.41, 5.74) is 1.99. The first-order valence-corrected chi connectivity index (χ1v) is 12.3. The van der Waals surface area contributed by atoms with Crippen LogP contribution in [0.3, 0.4) is 0 Å². The van der Waals surface area contributed by atoms with Crippen LogP contribution in [0.2, 0.25) is 0 Å². The molecule has 0 radical (unpaired) electrons. The number of aryl methyl sites for hydroxylation is 1. The quantitative estimate of drug-likeness (QED) is 0.425. The molecule has 1 aliphatic rings.